The summed E-state index contributed by atoms with van der Waals surface area (Å²) in [5.41, 5.74) is 2.10. The maximum absolute atomic E-state index is 15.0. The Kier molecular flexibility index (Phi) is 5.93. The van der Waals surface area contributed by atoms with Gasteiger partial charge in [0.15, 0.2) is 11.5 Å². The molecule has 0 aliphatic carbocycles. The average Bonchev–Trinajstić information content (AvgIpc) is 3.59. The number of carbonyl (C=O) groups excluding carboxylic acids is 1. The Hall–Kier alpha value is -3.86. The number of carbonyl (C=O) groups is 1. The predicted molar refractivity (Wildman–Crippen MR) is 128 cm³/mol. The third-order valence-electron chi connectivity index (χ3n) is 5.94. The number of anilines is 1. The minimum atomic E-state index is -0.529. The number of fused-ring (bicyclic) bond motifs is 1. The van der Waals surface area contributed by atoms with Crippen LogP contribution in [0, 0.1) is 5.82 Å². The van der Waals surface area contributed by atoms with E-state index in [4.69, 9.17) is 4.52 Å². The van der Waals surface area contributed by atoms with E-state index in [-0.39, 0.29) is 23.8 Å². The van der Waals surface area contributed by atoms with Crippen molar-refractivity contribution in [2.45, 2.75) is 45.2 Å². The molecule has 1 aromatic carbocycles. The zero-order chi connectivity index (χ0) is 24.6. The topological polar surface area (TPSA) is 134 Å². The van der Waals surface area contributed by atoms with Crippen molar-refractivity contribution >= 4 is 22.8 Å². The van der Waals surface area contributed by atoms with E-state index in [0.29, 0.717) is 28.5 Å². The fourth-order valence-electron chi connectivity index (χ4n) is 4.00. The highest BCUT2D eigenvalue weighted by molar-refractivity contribution is 6.00. The number of hydrogen-bond donors (Lipinski definition) is 4. The molecule has 5 rings (SSSR count). The molecular weight excluding hydrogens is 451 g/mol. The van der Waals surface area contributed by atoms with Gasteiger partial charge in [0.25, 0.3) is 11.7 Å². The first kappa shape index (κ1) is 22.9. The summed E-state index contributed by atoms with van der Waals surface area (Å²) in [6.45, 7) is 7.53. The van der Waals surface area contributed by atoms with Gasteiger partial charge in [-0.05, 0) is 36.2 Å². The van der Waals surface area contributed by atoms with E-state index in [1.54, 1.807) is 12.3 Å². The number of hydrogen-bond acceptors (Lipinski definition) is 8. The summed E-state index contributed by atoms with van der Waals surface area (Å²) in [6.07, 6.45) is 2.67. The number of nitrogens with zero attached hydrogens (tertiary/aromatic N) is 4. The van der Waals surface area contributed by atoms with Gasteiger partial charge in [0.2, 0.25) is 5.89 Å². The Labute approximate surface area is 201 Å². The van der Waals surface area contributed by atoms with Crippen LogP contribution in [-0.4, -0.2) is 50.4 Å². The van der Waals surface area contributed by atoms with Gasteiger partial charge in [0.05, 0.1) is 5.39 Å². The van der Waals surface area contributed by atoms with Crippen LogP contribution in [0.1, 0.15) is 49.3 Å². The Morgan fingerprint density at radius 2 is 2.14 bits per heavy atom. The first-order valence-electron chi connectivity index (χ1n) is 11.5. The monoisotopic (exact) mass is 478 g/mol. The van der Waals surface area contributed by atoms with Crippen molar-refractivity contribution in [3.63, 3.8) is 0 Å². The second-order valence-electron chi connectivity index (χ2n) is 9.65. The summed E-state index contributed by atoms with van der Waals surface area (Å²) in [5, 5.41) is 21.3. The molecule has 0 saturated carbocycles. The number of halogens is 1. The Bertz CT molecular complexity index is 1370. The number of aromatic nitrogens is 5. The van der Waals surface area contributed by atoms with E-state index >= 15 is 4.39 Å². The van der Waals surface area contributed by atoms with Gasteiger partial charge in [-0.2, -0.15) is 10.1 Å². The molecule has 3 aromatic heterocycles. The lowest BCUT2D eigenvalue weighted by Crippen LogP contribution is -2.24. The van der Waals surface area contributed by atoms with Gasteiger partial charge in [-0.3, -0.25) is 9.89 Å². The summed E-state index contributed by atoms with van der Waals surface area (Å²) in [7, 11) is 0. The van der Waals surface area contributed by atoms with E-state index < -0.39 is 11.7 Å². The molecule has 1 aliphatic heterocycles. The van der Waals surface area contributed by atoms with Gasteiger partial charge in [0.1, 0.15) is 5.82 Å². The largest absolute Gasteiger partial charge is 0.364 e. The molecule has 1 atom stereocenters. The van der Waals surface area contributed by atoms with Gasteiger partial charge >= 0.3 is 0 Å². The van der Waals surface area contributed by atoms with Crippen molar-refractivity contribution in [1.29, 1.82) is 0 Å². The summed E-state index contributed by atoms with van der Waals surface area (Å²) in [6, 6.07) is 7.04. The van der Waals surface area contributed by atoms with E-state index in [2.05, 4.69) is 41.3 Å². The van der Waals surface area contributed by atoms with E-state index in [1.807, 2.05) is 32.9 Å². The quantitative estimate of drug-likeness (QED) is 0.332. The fraction of sp³-hybridized carbons (Fsp3) is 0.375. The van der Waals surface area contributed by atoms with Gasteiger partial charge in [-0.25, -0.2) is 9.37 Å². The molecule has 182 valence electrons. The second kappa shape index (κ2) is 9.06. The van der Waals surface area contributed by atoms with Gasteiger partial charge in [-0.1, -0.05) is 38.1 Å². The van der Waals surface area contributed by atoms with Crippen LogP contribution in [0.25, 0.3) is 22.2 Å². The normalized spacial score (nSPS) is 16.1. The molecule has 35 heavy (non-hydrogen) atoms. The summed E-state index contributed by atoms with van der Waals surface area (Å²) >= 11 is 0. The van der Waals surface area contributed by atoms with Crippen LogP contribution in [0.15, 0.2) is 35.0 Å². The van der Waals surface area contributed by atoms with Crippen LogP contribution in [-0.2, 0) is 12.0 Å². The minimum absolute atomic E-state index is 0.0106. The summed E-state index contributed by atoms with van der Waals surface area (Å²) in [5.74, 6) is 0.0133. The fourth-order valence-corrected chi connectivity index (χ4v) is 4.00. The molecule has 0 spiro atoms. The van der Waals surface area contributed by atoms with Crippen molar-refractivity contribution in [3.8, 4) is 11.1 Å². The lowest BCUT2D eigenvalue weighted by Gasteiger charge is -2.12. The van der Waals surface area contributed by atoms with Crippen molar-refractivity contribution in [2.75, 3.05) is 18.4 Å². The van der Waals surface area contributed by atoms with E-state index in [9.17, 15) is 4.79 Å². The molecule has 1 fully saturated rings. The Morgan fingerprint density at radius 3 is 2.86 bits per heavy atom. The molecule has 0 radical (unpaired) electrons. The zero-order valence-corrected chi connectivity index (χ0v) is 19.8. The molecule has 1 aliphatic rings. The second-order valence-corrected chi connectivity index (χ2v) is 9.65. The summed E-state index contributed by atoms with van der Waals surface area (Å²) in [4.78, 5) is 20.9. The van der Waals surface area contributed by atoms with E-state index in [1.165, 1.54) is 6.07 Å². The molecular formula is C24H27FN8O2. The van der Waals surface area contributed by atoms with Crippen molar-refractivity contribution < 1.29 is 13.7 Å². The highest BCUT2D eigenvalue weighted by Gasteiger charge is 2.24. The Morgan fingerprint density at radius 1 is 1.29 bits per heavy atom. The molecule has 0 unspecified atom stereocenters. The highest BCUT2D eigenvalue weighted by Crippen LogP contribution is 2.33. The van der Waals surface area contributed by atoms with Crippen molar-refractivity contribution in [2.24, 2.45) is 0 Å². The zero-order valence-electron chi connectivity index (χ0n) is 19.8. The Balaban J connectivity index is 1.34. The van der Waals surface area contributed by atoms with Crippen LogP contribution in [0.3, 0.4) is 0 Å². The lowest BCUT2D eigenvalue weighted by molar-refractivity contribution is 0.0937. The smallest absolute Gasteiger partial charge is 0.292 e. The molecule has 1 saturated heterocycles. The number of benzene rings is 1. The molecule has 10 nitrogen and oxygen atoms in total. The number of rotatable bonds is 6. The molecule has 4 N–H and O–H groups in total. The summed E-state index contributed by atoms with van der Waals surface area (Å²) < 4.78 is 20.2. The third kappa shape index (κ3) is 4.72. The SMILES string of the molecule is CC(C)(C)c1nc(C(=O)NCc2ccc(-c3ccnc4[nH]nc(N[C@@H]5CCNC5)c34)cc2F)no1. The molecule has 11 heteroatoms. The van der Waals surface area contributed by atoms with Gasteiger partial charge in [-0.15, -0.1) is 0 Å². The van der Waals surface area contributed by atoms with Gasteiger partial charge in [0, 0.05) is 36.3 Å². The van der Waals surface area contributed by atoms with Gasteiger partial charge < -0.3 is 20.5 Å². The number of aromatic amines is 1. The van der Waals surface area contributed by atoms with Crippen LogP contribution >= 0.6 is 0 Å². The molecule has 0 bridgehead atoms. The highest BCUT2D eigenvalue weighted by atomic mass is 19.1. The molecule has 4 aromatic rings. The predicted octanol–water partition coefficient (Wildman–Crippen LogP) is 3.15. The number of pyridine rings is 1. The standard InChI is InChI=1S/C24H27FN8O2/c1-24(2,3)23-30-21(33-35-23)22(34)28-11-14-5-4-13(10-17(14)25)16-7-9-27-19-18(16)20(32-31-19)29-15-6-8-26-12-15/h4-5,7,9-10,15,26H,6,8,11-12H2,1-3H3,(H,28,34)(H2,27,29,31,32)/t15-/m1/s1. The van der Waals surface area contributed by atoms with E-state index in [0.717, 1.165) is 30.5 Å². The number of H-pyrrole nitrogens is 1. The first-order chi connectivity index (χ1) is 16.8. The average molecular weight is 479 g/mol. The van der Waals surface area contributed by atoms with Crippen LogP contribution in [0.2, 0.25) is 0 Å². The molecule has 1 amide bonds. The third-order valence-corrected chi connectivity index (χ3v) is 5.94. The maximum Gasteiger partial charge on any atom is 0.292 e. The molecule has 4 heterocycles. The van der Waals surface area contributed by atoms with Crippen LogP contribution in [0.5, 0.6) is 0 Å². The van der Waals surface area contributed by atoms with Crippen LogP contribution < -0.4 is 16.0 Å². The maximum atomic E-state index is 15.0. The minimum Gasteiger partial charge on any atom is -0.364 e. The van der Waals surface area contributed by atoms with Crippen molar-refractivity contribution in [3.05, 3.63) is 53.6 Å². The first-order valence-corrected chi connectivity index (χ1v) is 11.5. The number of amides is 1. The number of nitrogens with one attached hydrogen (secondary N) is 4. The lowest BCUT2D eigenvalue weighted by atomic mass is 9.97. The van der Waals surface area contributed by atoms with Crippen molar-refractivity contribution in [1.82, 2.24) is 36.0 Å². The van der Waals surface area contributed by atoms with Crippen LogP contribution in [0.4, 0.5) is 10.2 Å².